The quantitative estimate of drug-likeness (QED) is 0.370. The number of amides is 1. The monoisotopic (exact) mass is 461 g/mol. The fourth-order valence-electron chi connectivity index (χ4n) is 4.48. The van der Waals surface area contributed by atoms with E-state index in [1.54, 1.807) is 23.0 Å². The van der Waals surface area contributed by atoms with E-state index >= 15 is 0 Å². The highest BCUT2D eigenvalue weighted by molar-refractivity contribution is 6.01. The number of ether oxygens (including phenoxy) is 1. The summed E-state index contributed by atoms with van der Waals surface area (Å²) in [5, 5.41) is 5.29. The van der Waals surface area contributed by atoms with Crippen molar-refractivity contribution < 1.29 is 18.3 Å². The minimum absolute atomic E-state index is 0.305. The van der Waals surface area contributed by atoms with Crippen LogP contribution in [0.4, 0.5) is 14.5 Å². The Morgan fingerprint density at radius 2 is 1.79 bits per heavy atom. The molecule has 0 radical (unpaired) electrons. The first kappa shape index (κ1) is 22.1. The lowest BCUT2D eigenvalue weighted by Crippen LogP contribution is -2.46. The molecule has 4 aromatic rings. The average molecular weight is 462 g/mol. The second kappa shape index (κ2) is 7.94. The Morgan fingerprint density at radius 3 is 2.50 bits per heavy atom. The number of fused-ring (bicyclic) bond motifs is 2. The molecule has 0 saturated heterocycles. The summed E-state index contributed by atoms with van der Waals surface area (Å²) in [6, 6.07) is 17.2. The van der Waals surface area contributed by atoms with Gasteiger partial charge in [-0.2, -0.15) is 5.10 Å². The third-order valence-corrected chi connectivity index (χ3v) is 6.20. The summed E-state index contributed by atoms with van der Waals surface area (Å²) in [7, 11) is 0. The van der Waals surface area contributed by atoms with Gasteiger partial charge in [0.05, 0.1) is 29.1 Å². The number of alkyl halides is 1. The van der Waals surface area contributed by atoms with Crippen LogP contribution in [0.25, 0.3) is 16.6 Å². The average Bonchev–Trinajstić information content (AvgIpc) is 3.32. The van der Waals surface area contributed by atoms with E-state index in [0.29, 0.717) is 11.4 Å². The van der Waals surface area contributed by atoms with Gasteiger partial charge in [-0.25, -0.2) is 13.5 Å². The first-order chi connectivity index (χ1) is 16.1. The van der Waals surface area contributed by atoms with Crippen LogP contribution in [0.1, 0.15) is 38.0 Å². The fraction of sp³-hybridized carbons (Fsp3) is 0.259. The van der Waals surface area contributed by atoms with Gasteiger partial charge in [0.2, 0.25) is 0 Å². The first-order valence-corrected chi connectivity index (χ1v) is 11.2. The summed E-state index contributed by atoms with van der Waals surface area (Å²) in [4.78, 5) is 14.5. The van der Waals surface area contributed by atoms with E-state index in [9.17, 15) is 13.6 Å². The molecule has 0 aliphatic carbocycles. The first-order valence-electron chi connectivity index (χ1n) is 11.2. The Hall–Kier alpha value is -3.74. The van der Waals surface area contributed by atoms with Gasteiger partial charge in [-0.3, -0.25) is 4.79 Å². The van der Waals surface area contributed by atoms with Crippen molar-refractivity contribution in [2.24, 2.45) is 0 Å². The molecule has 174 valence electrons. The highest BCUT2D eigenvalue weighted by atomic mass is 19.1. The van der Waals surface area contributed by atoms with Crippen molar-refractivity contribution in [3.05, 3.63) is 83.8 Å². The number of halogens is 2. The number of nitrogens with zero attached hydrogens (tertiary/aromatic N) is 3. The Kier molecular flexibility index (Phi) is 5.15. The van der Waals surface area contributed by atoms with Gasteiger partial charge < -0.3 is 9.64 Å². The number of rotatable bonds is 4. The highest BCUT2D eigenvalue weighted by Crippen LogP contribution is 2.44. The van der Waals surface area contributed by atoms with Gasteiger partial charge in [0.15, 0.2) is 5.67 Å². The third kappa shape index (κ3) is 3.71. The molecule has 0 fully saturated rings. The zero-order chi connectivity index (χ0) is 24.2. The highest BCUT2D eigenvalue weighted by Gasteiger charge is 2.45. The Balaban J connectivity index is 1.48. The number of anilines is 1. The topological polar surface area (TPSA) is 47.4 Å². The summed E-state index contributed by atoms with van der Waals surface area (Å²) in [6.07, 6.45) is 1.27. The van der Waals surface area contributed by atoms with Gasteiger partial charge in [-0.05, 0) is 81.8 Å². The maximum atomic E-state index is 14.6. The second-order valence-electron chi connectivity index (χ2n) is 9.24. The van der Waals surface area contributed by atoms with Gasteiger partial charge in [0.1, 0.15) is 17.7 Å². The van der Waals surface area contributed by atoms with Crippen LogP contribution in [-0.2, 0) is 4.79 Å². The molecule has 1 aromatic heterocycles. The van der Waals surface area contributed by atoms with Crippen LogP contribution in [-0.4, -0.2) is 27.4 Å². The lowest BCUT2D eigenvalue weighted by Gasteiger charge is -2.29. The second-order valence-corrected chi connectivity index (χ2v) is 9.24. The minimum atomic E-state index is -2.00. The van der Waals surface area contributed by atoms with Crippen molar-refractivity contribution in [3.63, 3.8) is 0 Å². The Labute approximate surface area is 196 Å². The molecule has 0 N–H and O–H groups in total. The molecule has 3 aromatic carbocycles. The number of aryl methyl sites for hydroxylation is 1. The molecule has 5 rings (SSSR count). The van der Waals surface area contributed by atoms with E-state index in [2.05, 4.69) is 5.10 Å². The van der Waals surface area contributed by atoms with Crippen molar-refractivity contribution in [3.8, 4) is 11.4 Å². The van der Waals surface area contributed by atoms with Gasteiger partial charge in [0, 0.05) is 10.9 Å². The van der Waals surface area contributed by atoms with Gasteiger partial charge in [-0.1, -0.05) is 12.1 Å². The lowest BCUT2D eigenvalue weighted by atomic mass is 10.1. The predicted octanol–water partition coefficient (Wildman–Crippen LogP) is 6.08. The largest absolute Gasteiger partial charge is 0.483 e. The molecule has 0 saturated carbocycles. The number of benzene rings is 3. The molecule has 0 spiro atoms. The lowest BCUT2D eigenvalue weighted by molar-refractivity contribution is -0.128. The summed E-state index contributed by atoms with van der Waals surface area (Å²) in [5.74, 6) is -0.280. The van der Waals surface area contributed by atoms with Crippen molar-refractivity contribution >= 4 is 22.5 Å². The molecule has 1 aliphatic rings. The van der Waals surface area contributed by atoms with Crippen LogP contribution in [0.5, 0.6) is 5.75 Å². The molecular weight excluding hydrogens is 436 g/mol. The molecule has 1 amide bonds. The molecule has 2 heterocycles. The molecule has 0 unspecified atom stereocenters. The summed E-state index contributed by atoms with van der Waals surface area (Å²) < 4.78 is 36.0. The smallest absolute Gasteiger partial charge is 0.264 e. The van der Waals surface area contributed by atoms with E-state index in [1.807, 2.05) is 50.2 Å². The minimum Gasteiger partial charge on any atom is -0.483 e. The number of aromatic nitrogens is 2. The van der Waals surface area contributed by atoms with Crippen LogP contribution in [0.2, 0.25) is 0 Å². The zero-order valence-corrected chi connectivity index (χ0v) is 19.4. The van der Waals surface area contributed by atoms with Crippen molar-refractivity contribution in [1.29, 1.82) is 0 Å². The molecule has 0 bridgehead atoms. The van der Waals surface area contributed by atoms with Crippen molar-refractivity contribution in [1.82, 2.24) is 9.78 Å². The molecule has 1 aliphatic heterocycles. The van der Waals surface area contributed by atoms with Crippen LogP contribution in [0, 0.1) is 12.7 Å². The molecular formula is C27H25F2N3O2. The van der Waals surface area contributed by atoms with Gasteiger partial charge in [-0.15, -0.1) is 0 Å². The van der Waals surface area contributed by atoms with Gasteiger partial charge in [0.25, 0.3) is 5.91 Å². The SMILES string of the molecule is Cc1ccc2c(c1)N(C(=O)C(C)(C)F)[C@@H](C)[C@@H]2Oc1ccc2c(cnn2-c2ccc(F)cc2)c1. The van der Waals surface area contributed by atoms with Gasteiger partial charge >= 0.3 is 0 Å². The standard InChI is InChI=1S/C27H25F2N3O2/c1-16-5-11-22-24(13-16)31(26(33)27(3,4)29)17(2)25(22)34-21-10-12-23-18(14-21)15-30-32(23)20-8-6-19(28)7-9-20/h5-15,17,25H,1-4H3/t17-,25-/m0/s1. The molecule has 5 nitrogen and oxygen atoms in total. The number of carbonyl (C=O) groups excluding carboxylic acids is 1. The summed E-state index contributed by atoms with van der Waals surface area (Å²) in [5.41, 5.74) is 2.11. The van der Waals surface area contributed by atoms with Crippen LogP contribution < -0.4 is 9.64 Å². The van der Waals surface area contributed by atoms with E-state index in [0.717, 1.165) is 27.7 Å². The van der Waals surface area contributed by atoms with Crippen molar-refractivity contribution in [2.45, 2.75) is 45.5 Å². The number of hydrogen-bond donors (Lipinski definition) is 0. The molecule has 7 heteroatoms. The fourth-order valence-corrected chi connectivity index (χ4v) is 4.48. The maximum absolute atomic E-state index is 14.6. The molecule has 34 heavy (non-hydrogen) atoms. The Bertz CT molecular complexity index is 1390. The number of carbonyl (C=O) groups is 1. The summed E-state index contributed by atoms with van der Waals surface area (Å²) >= 11 is 0. The summed E-state index contributed by atoms with van der Waals surface area (Å²) in [6.45, 7) is 6.36. The third-order valence-electron chi connectivity index (χ3n) is 6.20. The predicted molar refractivity (Wildman–Crippen MR) is 128 cm³/mol. The van der Waals surface area contributed by atoms with E-state index in [-0.39, 0.29) is 5.82 Å². The van der Waals surface area contributed by atoms with E-state index in [4.69, 9.17) is 4.74 Å². The van der Waals surface area contributed by atoms with E-state index in [1.165, 1.54) is 30.9 Å². The van der Waals surface area contributed by atoms with Crippen LogP contribution in [0.3, 0.4) is 0 Å². The van der Waals surface area contributed by atoms with Crippen LogP contribution in [0.15, 0.2) is 66.9 Å². The Morgan fingerprint density at radius 1 is 1.06 bits per heavy atom. The van der Waals surface area contributed by atoms with Crippen LogP contribution >= 0.6 is 0 Å². The van der Waals surface area contributed by atoms with Crippen molar-refractivity contribution in [2.75, 3.05) is 4.90 Å². The zero-order valence-electron chi connectivity index (χ0n) is 19.4. The normalized spacial score (nSPS) is 17.8. The maximum Gasteiger partial charge on any atom is 0.264 e. The number of hydrogen-bond acceptors (Lipinski definition) is 3. The molecule has 2 atom stereocenters. The van der Waals surface area contributed by atoms with E-state index < -0.39 is 23.7 Å².